The first-order valence-corrected chi connectivity index (χ1v) is 7.24. The van der Waals surface area contributed by atoms with Crippen LogP contribution >= 0.6 is 27.3 Å². The Hall–Kier alpha value is -1.27. The fourth-order valence-corrected chi connectivity index (χ4v) is 2.78. The number of benzene rings is 1. The Kier molecular flexibility index (Phi) is 4.31. The largest absolute Gasteiger partial charge is 0.302 e. The first-order chi connectivity index (χ1) is 8.95. The highest BCUT2D eigenvalue weighted by Crippen LogP contribution is 2.22. The Labute approximate surface area is 123 Å². The smallest absolute Gasteiger partial charge is 0.230 e. The van der Waals surface area contributed by atoms with E-state index in [4.69, 9.17) is 0 Å². The van der Waals surface area contributed by atoms with Crippen LogP contribution < -0.4 is 5.32 Å². The van der Waals surface area contributed by atoms with E-state index in [0.29, 0.717) is 10.7 Å². The van der Waals surface area contributed by atoms with Crippen molar-refractivity contribution >= 4 is 38.3 Å². The highest BCUT2D eigenvalue weighted by molar-refractivity contribution is 9.10. The highest BCUT2D eigenvalue weighted by atomic mass is 79.9. The molecule has 0 bridgehead atoms. The van der Waals surface area contributed by atoms with Crippen molar-refractivity contribution in [2.24, 2.45) is 0 Å². The van der Waals surface area contributed by atoms with Crippen LogP contribution in [0.25, 0.3) is 0 Å². The van der Waals surface area contributed by atoms with Gasteiger partial charge in [-0.15, -0.1) is 11.3 Å². The molecule has 0 saturated heterocycles. The number of hydrogen-bond acceptors (Lipinski definition) is 3. The van der Waals surface area contributed by atoms with Crippen molar-refractivity contribution in [1.82, 2.24) is 4.98 Å². The van der Waals surface area contributed by atoms with Gasteiger partial charge < -0.3 is 5.32 Å². The minimum atomic E-state index is -0.384. The summed E-state index contributed by atoms with van der Waals surface area (Å²) < 4.78 is 14.3. The number of aryl methyl sites for hydroxylation is 2. The van der Waals surface area contributed by atoms with Crippen LogP contribution in [-0.2, 0) is 11.2 Å². The number of nitrogens with one attached hydrogen (secondary N) is 1. The predicted octanol–water partition coefficient (Wildman–Crippen LogP) is 3.84. The molecule has 0 spiro atoms. The lowest BCUT2D eigenvalue weighted by Gasteiger charge is -2.04. The van der Waals surface area contributed by atoms with Gasteiger partial charge in [-0.3, -0.25) is 4.79 Å². The lowest BCUT2D eigenvalue weighted by molar-refractivity contribution is -0.115. The van der Waals surface area contributed by atoms with Crippen molar-refractivity contribution in [3.05, 3.63) is 44.6 Å². The summed E-state index contributed by atoms with van der Waals surface area (Å²) in [4.78, 5) is 17.1. The van der Waals surface area contributed by atoms with E-state index in [1.807, 2.05) is 13.8 Å². The van der Waals surface area contributed by atoms with E-state index in [-0.39, 0.29) is 18.1 Å². The number of rotatable bonds is 3. The molecule has 0 atom stereocenters. The summed E-state index contributed by atoms with van der Waals surface area (Å²) in [5.41, 5.74) is 1.26. The minimum absolute atomic E-state index is 0.0110. The van der Waals surface area contributed by atoms with E-state index in [0.717, 1.165) is 15.0 Å². The number of carbonyl (C=O) groups is 1. The molecule has 100 valence electrons. The van der Waals surface area contributed by atoms with E-state index in [1.54, 1.807) is 12.1 Å². The van der Waals surface area contributed by atoms with E-state index in [2.05, 4.69) is 26.2 Å². The summed E-state index contributed by atoms with van der Waals surface area (Å²) >= 11 is 4.67. The monoisotopic (exact) mass is 342 g/mol. The fourth-order valence-electron chi connectivity index (χ4n) is 1.54. The molecule has 0 aliphatic rings. The molecular weight excluding hydrogens is 331 g/mol. The average Bonchev–Trinajstić information content (AvgIpc) is 2.63. The molecule has 3 nitrogen and oxygen atoms in total. The summed E-state index contributed by atoms with van der Waals surface area (Å²) in [6, 6.07) is 4.54. The number of aromatic nitrogens is 1. The molecular formula is C13H12BrFN2OS. The molecule has 0 aliphatic heterocycles. The van der Waals surface area contributed by atoms with Gasteiger partial charge in [-0.1, -0.05) is 15.9 Å². The lowest BCUT2D eigenvalue weighted by atomic mass is 10.1. The van der Waals surface area contributed by atoms with Crippen LogP contribution in [0.5, 0.6) is 0 Å². The van der Waals surface area contributed by atoms with Gasteiger partial charge >= 0.3 is 0 Å². The molecule has 1 aromatic heterocycles. The van der Waals surface area contributed by atoms with E-state index >= 15 is 0 Å². The quantitative estimate of drug-likeness (QED) is 0.920. The molecule has 1 aromatic carbocycles. The van der Waals surface area contributed by atoms with E-state index in [9.17, 15) is 9.18 Å². The van der Waals surface area contributed by atoms with Gasteiger partial charge in [0.05, 0.1) is 12.1 Å². The molecule has 1 amide bonds. The zero-order valence-corrected chi connectivity index (χ0v) is 12.9. The Morgan fingerprint density at radius 3 is 2.84 bits per heavy atom. The molecule has 19 heavy (non-hydrogen) atoms. The zero-order valence-electron chi connectivity index (χ0n) is 10.5. The number of hydrogen-bond donors (Lipinski definition) is 1. The minimum Gasteiger partial charge on any atom is -0.302 e. The van der Waals surface area contributed by atoms with Gasteiger partial charge in [0.2, 0.25) is 5.91 Å². The predicted molar refractivity (Wildman–Crippen MR) is 78.0 cm³/mol. The first-order valence-electron chi connectivity index (χ1n) is 5.63. The summed E-state index contributed by atoms with van der Waals surface area (Å²) in [7, 11) is 0. The van der Waals surface area contributed by atoms with Crippen molar-refractivity contribution in [1.29, 1.82) is 0 Å². The van der Waals surface area contributed by atoms with Crippen molar-refractivity contribution < 1.29 is 9.18 Å². The summed E-state index contributed by atoms with van der Waals surface area (Å²) in [5.74, 6) is -0.657. The third-order valence-corrected chi connectivity index (χ3v) is 4.12. The van der Waals surface area contributed by atoms with Crippen LogP contribution in [0.3, 0.4) is 0 Å². The molecule has 0 radical (unpaired) electrons. The standard InChI is InChI=1S/C13H12BrFN2OS/c1-7-8(2)19-13(16-7)17-12(18)6-9-5-10(14)3-4-11(9)15/h3-5H,6H2,1-2H3,(H,16,17,18). The molecule has 0 saturated carbocycles. The zero-order chi connectivity index (χ0) is 14.0. The van der Waals surface area contributed by atoms with Gasteiger partial charge in [-0.25, -0.2) is 9.37 Å². The number of thiazole rings is 1. The number of amides is 1. The Morgan fingerprint density at radius 2 is 2.21 bits per heavy atom. The molecule has 1 N–H and O–H groups in total. The second-order valence-corrected chi connectivity index (χ2v) is 6.24. The molecule has 2 aromatic rings. The summed E-state index contributed by atoms with van der Waals surface area (Å²) in [6.45, 7) is 3.83. The highest BCUT2D eigenvalue weighted by Gasteiger charge is 2.11. The normalized spacial score (nSPS) is 10.5. The van der Waals surface area contributed by atoms with Crippen molar-refractivity contribution in [3.8, 4) is 0 Å². The summed E-state index contributed by atoms with van der Waals surface area (Å²) in [6.07, 6.45) is -0.0110. The average molecular weight is 343 g/mol. The molecule has 1 heterocycles. The molecule has 0 fully saturated rings. The number of halogens is 2. The molecule has 0 aliphatic carbocycles. The van der Waals surface area contributed by atoms with Gasteiger partial charge in [0.25, 0.3) is 0 Å². The van der Waals surface area contributed by atoms with Crippen LogP contribution in [0.1, 0.15) is 16.1 Å². The molecule has 0 unspecified atom stereocenters. The van der Waals surface area contributed by atoms with Crippen LogP contribution in [0.4, 0.5) is 9.52 Å². The maximum Gasteiger partial charge on any atom is 0.230 e. The Balaban J connectivity index is 2.07. The van der Waals surface area contributed by atoms with Gasteiger partial charge in [-0.05, 0) is 37.6 Å². The van der Waals surface area contributed by atoms with Gasteiger partial charge in [0.1, 0.15) is 5.82 Å². The van der Waals surface area contributed by atoms with Crippen molar-refractivity contribution in [2.75, 3.05) is 5.32 Å². The number of carbonyl (C=O) groups excluding carboxylic acids is 1. The fraction of sp³-hybridized carbons (Fsp3) is 0.231. The SMILES string of the molecule is Cc1nc(NC(=O)Cc2cc(Br)ccc2F)sc1C. The van der Waals surface area contributed by atoms with E-state index < -0.39 is 0 Å². The maximum absolute atomic E-state index is 13.5. The second kappa shape index (κ2) is 5.79. The third-order valence-electron chi connectivity index (χ3n) is 2.63. The lowest BCUT2D eigenvalue weighted by Crippen LogP contribution is -2.15. The first kappa shape index (κ1) is 14.1. The van der Waals surface area contributed by atoms with E-state index in [1.165, 1.54) is 17.4 Å². The number of nitrogens with zero attached hydrogens (tertiary/aromatic N) is 1. The van der Waals surface area contributed by atoms with Crippen molar-refractivity contribution in [3.63, 3.8) is 0 Å². The summed E-state index contributed by atoms with van der Waals surface area (Å²) in [5, 5.41) is 3.24. The maximum atomic E-state index is 13.5. The molecule has 6 heteroatoms. The Morgan fingerprint density at radius 1 is 1.47 bits per heavy atom. The number of anilines is 1. The Bertz CT molecular complexity index is 608. The topological polar surface area (TPSA) is 42.0 Å². The van der Waals surface area contributed by atoms with Crippen LogP contribution in [-0.4, -0.2) is 10.9 Å². The van der Waals surface area contributed by atoms with Crippen molar-refractivity contribution in [2.45, 2.75) is 20.3 Å². The molecule has 2 rings (SSSR count). The van der Waals surface area contributed by atoms with Gasteiger partial charge in [0.15, 0.2) is 5.13 Å². The van der Waals surface area contributed by atoms with Gasteiger partial charge in [0, 0.05) is 9.35 Å². The van der Waals surface area contributed by atoms with Crippen LogP contribution in [0.2, 0.25) is 0 Å². The third kappa shape index (κ3) is 3.61. The second-order valence-electron chi connectivity index (χ2n) is 4.12. The van der Waals surface area contributed by atoms with Crippen LogP contribution in [0, 0.1) is 19.7 Å². The van der Waals surface area contributed by atoms with Gasteiger partial charge in [-0.2, -0.15) is 0 Å². The van der Waals surface area contributed by atoms with Crippen LogP contribution in [0.15, 0.2) is 22.7 Å².